The molecule has 0 spiro atoms. The summed E-state index contributed by atoms with van der Waals surface area (Å²) in [5.41, 5.74) is -0.867. The van der Waals surface area contributed by atoms with Gasteiger partial charge in [-0.2, -0.15) is 0 Å². The first kappa shape index (κ1) is 9.84. The number of hydrogen-bond donors (Lipinski definition) is 4. The third-order valence-electron chi connectivity index (χ3n) is 1.49. The van der Waals surface area contributed by atoms with Gasteiger partial charge in [0.05, 0.1) is 6.61 Å². The lowest BCUT2D eigenvalue weighted by Crippen LogP contribution is -2.41. The van der Waals surface area contributed by atoms with E-state index in [9.17, 15) is 0 Å². The summed E-state index contributed by atoms with van der Waals surface area (Å²) in [5.74, 6) is 0. The van der Waals surface area contributed by atoms with Gasteiger partial charge in [-0.3, -0.25) is 0 Å². The molecule has 0 rings (SSSR count). The predicted octanol–water partition coefficient (Wildman–Crippen LogP) is -1.32. The van der Waals surface area contributed by atoms with Crippen molar-refractivity contribution in [3.8, 4) is 0 Å². The third kappa shape index (κ3) is 2.22. The quantitative estimate of drug-likeness (QED) is 0.376. The number of aliphatic hydroxyl groups is 4. The van der Waals surface area contributed by atoms with Crippen molar-refractivity contribution in [1.29, 1.82) is 0 Å². The Kier molecular flexibility index (Phi) is 3.24. The molecule has 0 bridgehead atoms. The van der Waals surface area contributed by atoms with Crippen molar-refractivity contribution in [2.24, 2.45) is 5.41 Å². The maximum absolute atomic E-state index is 8.99. The van der Waals surface area contributed by atoms with Crippen LogP contribution < -0.4 is 0 Å². The van der Waals surface area contributed by atoms with Gasteiger partial charge in [-0.05, 0) is 0 Å². The summed E-state index contributed by atoms with van der Waals surface area (Å²) in [7, 11) is 0. The molecule has 4 nitrogen and oxygen atoms in total. The molecule has 0 aliphatic carbocycles. The van der Waals surface area contributed by atoms with Crippen LogP contribution in [0, 0.1) is 5.41 Å². The first-order valence-corrected chi connectivity index (χ1v) is 3.07. The van der Waals surface area contributed by atoms with Gasteiger partial charge in [-0.15, -0.1) is 0 Å². The highest BCUT2D eigenvalue weighted by molar-refractivity contribution is 4.77. The van der Waals surface area contributed by atoms with Gasteiger partial charge in [0.2, 0.25) is 0 Å². The highest BCUT2D eigenvalue weighted by Gasteiger charge is 2.31. The molecule has 0 aromatic heterocycles. The molecule has 1 atom stereocenters. The molecule has 0 aliphatic rings. The van der Waals surface area contributed by atoms with Crippen molar-refractivity contribution in [3.05, 3.63) is 0 Å². The van der Waals surface area contributed by atoms with Crippen molar-refractivity contribution in [3.63, 3.8) is 0 Å². The minimum Gasteiger partial charge on any atom is -0.396 e. The molecule has 0 saturated heterocycles. The van der Waals surface area contributed by atoms with Crippen molar-refractivity contribution in [2.45, 2.75) is 26.2 Å². The number of rotatable bonds is 3. The highest BCUT2D eigenvalue weighted by Crippen LogP contribution is 2.20. The van der Waals surface area contributed by atoms with E-state index in [-0.39, 0.29) is 6.61 Å². The van der Waals surface area contributed by atoms with E-state index in [1.54, 1.807) is 0 Å². The van der Waals surface area contributed by atoms with Gasteiger partial charge in [-0.25, -0.2) is 0 Å². The van der Waals surface area contributed by atoms with Gasteiger partial charge in [0.25, 0.3) is 0 Å². The van der Waals surface area contributed by atoms with Crippen molar-refractivity contribution < 1.29 is 20.4 Å². The second-order valence-electron chi connectivity index (χ2n) is 3.01. The molecule has 4 N–H and O–H groups in total. The average Bonchev–Trinajstić information content (AvgIpc) is 1.86. The Bertz CT molecular complexity index is 99.9. The second-order valence-corrected chi connectivity index (χ2v) is 3.01. The molecule has 0 aliphatic heterocycles. The van der Waals surface area contributed by atoms with E-state index >= 15 is 0 Å². The zero-order valence-corrected chi connectivity index (χ0v) is 6.15. The van der Waals surface area contributed by atoms with Crippen molar-refractivity contribution in [2.75, 3.05) is 6.61 Å². The van der Waals surface area contributed by atoms with Gasteiger partial charge >= 0.3 is 0 Å². The molecule has 0 heterocycles. The summed E-state index contributed by atoms with van der Waals surface area (Å²) >= 11 is 0. The fraction of sp³-hybridized carbons (Fsp3) is 1.00. The molecule has 1 unspecified atom stereocenters. The lowest BCUT2D eigenvalue weighted by atomic mass is 9.87. The van der Waals surface area contributed by atoms with Crippen LogP contribution in [0.3, 0.4) is 0 Å². The first-order chi connectivity index (χ1) is 4.41. The predicted molar refractivity (Wildman–Crippen MR) is 35.1 cm³/mol. The molecule has 0 amide bonds. The smallest absolute Gasteiger partial charge is 0.178 e. The van der Waals surface area contributed by atoms with E-state index in [2.05, 4.69) is 0 Å². The Morgan fingerprint density at radius 3 is 1.70 bits per heavy atom. The van der Waals surface area contributed by atoms with E-state index in [4.69, 9.17) is 20.4 Å². The summed E-state index contributed by atoms with van der Waals surface area (Å²) in [6.07, 6.45) is -3.10. The van der Waals surface area contributed by atoms with Crippen LogP contribution in [0.25, 0.3) is 0 Å². The van der Waals surface area contributed by atoms with E-state index < -0.39 is 17.8 Å². The largest absolute Gasteiger partial charge is 0.396 e. The van der Waals surface area contributed by atoms with E-state index in [1.807, 2.05) is 0 Å². The Morgan fingerprint density at radius 2 is 1.60 bits per heavy atom. The first-order valence-electron chi connectivity index (χ1n) is 3.07. The summed E-state index contributed by atoms with van der Waals surface area (Å²) in [6.45, 7) is 2.79. The normalized spacial score (nSPS) is 15.9. The fourth-order valence-corrected chi connectivity index (χ4v) is 0.497. The lowest BCUT2D eigenvalue weighted by molar-refractivity contribution is -0.166. The zero-order chi connectivity index (χ0) is 8.36. The van der Waals surface area contributed by atoms with Crippen LogP contribution in [0.4, 0.5) is 0 Å². The molecule has 0 radical (unpaired) electrons. The molecular formula is C6H14O4. The van der Waals surface area contributed by atoms with E-state index in [0.29, 0.717) is 0 Å². The maximum Gasteiger partial charge on any atom is 0.178 e. The topological polar surface area (TPSA) is 80.9 Å². The highest BCUT2D eigenvalue weighted by atomic mass is 16.5. The summed E-state index contributed by atoms with van der Waals surface area (Å²) < 4.78 is 0. The Hall–Kier alpha value is -0.160. The maximum atomic E-state index is 8.99. The Balaban J connectivity index is 4.03. The van der Waals surface area contributed by atoms with Crippen molar-refractivity contribution >= 4 is 0 Å². The molecular weight excluding hydrogens is 136 g/mol. The monoisotopic (exact) mass is 150 g/mol. The average molecular weight is 150 g/mol. The number of aliphatic hydroxyl groups excluding tert-OH is 3. The second kappa shape index (κ2) is 3.30. The van der Waals surface area contributed by atoms with Crippen LogP contribution in [-0.2, 0) is 0 Å². The molecule has 4 heteroatoms. The zero-order valence-electron chi connectivity index (χ0n) is 6.15. The van der Waals surface area contributed by atoms with Gasteiger partial charge in [0, 0.05) is 5.41 Å². The third-order valence-corrected chi connectivity index (χ3v) is 1.49. The summed E-state index contributed by atoms with van der Waals surface area (Å²) in [6, 6.07) is 0. The molecule has 0 saturated carbocycles. The van der Waals surface area contributed by atoms with Gasteiger partial charge in [0.1, 0.15) is 6.10 Å². The summed E-state index contributed by atoms with van der Waals surface area (Å²) in [4.78, 5) is 0. The van der Waals surface area contributed by atoms with Crippen LogP contribution >= 0.6 is 0 Å². The van der Waals surface area contributed by atoms with Gasteiger partial charge in [0.15, 0.2) is 6.29 Å². The lowest BCUT2D eigenvalue weighted by Gasteiger charge is -2.28. The standard InChI is InChI=1S/C6H14O4/c1-6(2,3-7)4(8)5(9)10/h4-5,7-10H,3H2,1-2H3. The molecule has 10 heavy (non-hydrogen) atoms. The molecule has 0 fully saturated rings. The minimum absolute atomic E-state index is 0.286. The molecule has 0 aromatic rings. The Labute approximate surface area is 59.7 Å². The van der Waals surface area contributed by atoms with Crippen LogP contribution in [-0.4, -0.2) is 39.4 Å². The van der Waals surface area contributed by atoms with E-state index in [0.717, 1.165) is 0 Å². The molecule has 62 valence electrons. The molecule has 0 aromatic carbocycles. The minimum atomic E-state index is -1.79. The van der Waals surface area contributed by atoms with Crippen LogP contribution in [0.15, 0.2) is 0 Å². The van der Waals surface area contributed by atoms with Crippen LogP contribution in [0.1, 0.15) is 13.8 Å². The van der Waals surface area contributed by atoms with E-state index in [1.165, 1.54) is 13.8 Å². The number of hydrogen-bond acceptors (Lipinski definition) is 4. The van der Waals surface area contributed by atoms with Crippen LogP contribution in [0.5, 0.6) is 0 Å². The van der Waals surface area contributed by atoms with Gasteiger partial charge < -0.3 is 20.4 Å². The Morgan fingerprint density at radius 1 is 1.20 bits per heavy atom. The van der Waals surface area contributed by atoms with Gasteiger partial charge in [-0.1, -0.05) is 13.8 Å². The van der Waals surface area contributed by atoms with Crippen LogP contribution in [0.2, 0.25) is 0 Å². The fourth-order valence-electron chi connectivity index (χ4n) is 0.497. The SMILES string of the molecule is CC(C)(CO)C(O)C(O)O. The van der Waals surface area contributed by atoms with Crippen molar-refractivity contribution in [1.82, 2.24) is 0 Å². The summed E-state index contributed by atoms with van der Waals surface area (Å²) in [5, 5.41) is 34.6.